The minimum Gasteiger partial charge on any atom is -0.344 e. The summed E-state index contributed by atoms with van der Waals surface area (Å²) in [6, 6.07) is 8.44. The van der Waals surface area contributed by atoms with Crippen molar-refractivity contribution in [3.8, 4) is 0 Å². The molecule has 0 amide bonds. The van der Waals surface area contributed by atoms with Gasteiger partial charge in [0.1, 0.15) is 0 Å². The van der Waals surface area contributed by atoms with Gasteiger partial charge in [0.2, 0.25) is 5.56 Å². The van der Waals surface area contributed by atoms with Gasteiger partial charge in [0.15, 0.2) is 0 Å². The van der Waals surface area contributed by atoms with E-state index in [1.165, 1.54) is 37.0 Å². The van der Waals surface area contributed by atoms with Crippen LogP contribution in [-0.4, -0.2) is 22.6 Å². The average Bonchev–Trinajstić information content (AvgIpc) is 3.49. The highest BCUT2D eigenvalue weighted by Gasteiger charge is 2.34. The molecule has 0 bridgehead atoms. The van der Waals surface area contributed by atoms with Gasteiger partial charge in [-0.25, -0.2) is 0 Å². The zero-order valence-electron chi connectivity index (χ0n) is 22.3. The topological polar surface area (TPSA) is 49.8 Å². The summed E-state index contributed by atoms with van der Waals surface area (Å²) in [7, 11) is 0. The number of nitrogens with zero attached hydrogens (tertiary/aromatic N) is 1. The molecule has 0 spiro atoms. The smallest absolute Gasteiger partial charge is 0.344 e. The quantitative estimate of drug-likeness (QED) is 0.158. The molecule has 0 saturated carbocycles. The lowest BCUT2D eigenvalue weighted by molar-refractivity contribution is -0.136. The minimum absolute atomic E-state index is 0.0987. The van der Waals surface area contributed by atoms with Crippen molar-refractivity contribution in [2.24, 2.45) is 0 Å². The van der Waals surface area contributed by atoms with E-state index >= 15 is 0 Å². The first-order chi connectivity index (χ1) is 18.3. The Hall–Kier alpha value is -2.58. The number of H-pyrrole nitrogens is 1. The monoisotopic (exact) mass is 545 g/mol. The number of alkyl halides is 3. The highest BCUT2D eigenvalue weighted by Crippen LogP contribution is 2.39. The third-order valence-corrected chi connectivity index (χ3v) is 8.35. The first-order valence-electron chi connectivity index (χ1n) is 13.8. The Labute approximate surface area is 226 Å². The van der Waals surface area contributed by atoms with Gasteiger partial charge in [-0.2, -0.15) is 13.2 Å². The van der Waals surface area contributed by atoms with Crippen molar-refractivity contribution in [1.82, 2.24) is 14.9 Å². The van der Waals surface area contributed by atoms with Crippen molar-refractivity contribution in [1.29, 1.82) is 0 Å². The van der Waals surface area contributed by atoms with Gasteiger partial charge in [-0.15, -0.1) is 11.3 Å². The van der Waals surface area contributed by atoms with Crippen molar-refractivity contribution < 1.29 is 13.2 Å². The number of thiophene rings is 1. The van der Waals surface area contributed by atoms with Crippen LogP contribution >= 0.6 is 11.3 Å². The molecular weight excluding hydrogens is 507 g/mol. The number of halogens is 3. The molecule has 0 saturated heterocycles. The van der Waals surface area contributed by atoms with E-state index in [0.717, 1.165) is 62.1 Å². The highest BCUT2D eigenvalue weighted by molar-refractivity contribution is 7.09. The molecule has 3 aromatic heterocycles. The first kappa shape index (κ1) is 28.4. The number of benzene rings is 1. The van der Waals surface area contributed by atoms with Gasteiger partial charge in [0, 0.05) is 45.0 Å². The summed E-state index contributed by atoms with van der Waals surface area (Å²) in [5.41, 5.74) is 1.40. The number of aromatic amines is 1. The fraction of sp³-hybridized carbons (Fsp3) is 0.500. The molecule has 38 heavy (non-hydrogen) atoms. The van der Waals surface area contributed by atoms with E-state index in [-0.39, 0.29) is 10.9 Å². The molecule has 0 aliphatic heterocycles. The third kappa shape index (κ3) is 6.70. The largest absolute Gasteiger partial charge is 0.417 e. The molecule has 4 aromatic rings. The van der Waals surface area contributed by atoms with Crippen LogP contribution in [0.25, 0.3) is 21.8 Å². The van der Waals surface area contributed by atoms with E-state index < -0.39 is 17.3 Å². The van der Waals surface area contributed by atoms with Crippen molar-refractivity contribution in [2.75, 3.05) is 13.1 Å². The van der Waals surface area contributed by atoms with E-state index in [4.69, 9.17) is 0 Å². The Morgan fingerprint density at radius 1 is 0.974 bits per heavy atom. The van der Waals surface area contributed by atoms with Gasteiger partial charge in [0.25, 0.3) is 0 Å². The summed E-state index contributed by atoms with van der Waals surface area (Å²) in [6.07, 6.45) is 5.43. The van der Waals surface area contributed by atoms with Crippen LogP contribution in [0.1, 0.15) is 73.6 Å². The molecule has 1 aromatic carbocycles. The van der Waals surface area contributed by atoms with Gasteiger partial charge < -0.3 is 14.9 Å². The molecule has 4 rings (SSSR count). The van der Waals surface area contributed by atoms with Crippen LogP contribution < -0.4 is 10.9 Å². The summed E-state index contributed by atoms with van der Waals surface area (Å²) in [5, 5.41) is 6.36. The number of hydrogen-bond acceptors (Lipinski definition) is 3. The van der Waals surface area contributed by atoms with Crippen LogP contribution in [0.3, 0.4) is 0 Å². The summed E-state index contributed by atoms with van der Waals surface area (Å²) >= 11 is 1.81. The number of unbranched alkanes of at least 4 members (excludes halogenated alkanes) is 6. The average molecular weight is 546 g/mol. The van der Waals surface area contributed by atoms with Crippen LogP contribution in [0.15, 0.2) is 40.5 Å². The number of nitrogens with one attached hydrogen (secondary N) is 2. The SMILES string of the molecule is CCc1c(C)c2c3c(C(F)(F)F)cc(=O)[nH]c3ccc2n1CCCCCCCCCNCCc1cccs1. The van der Waals surface area contributed by atoms with Gasteiger partial charge in [-0.3, -0.25) is 4.79 Å². The van der Waals surface area contributed by atoms with Crippen molar-refractivity contribution in [3.05, 3.63) is 67.8 Å². The normalized spacial score (nSPS) is 12.2. The molecule has 0 fully saturated rings. The van der Waals surface area contributed by atoms with Crippen LogP contribution in [-0.2, 0) is 25.6 Å². The minimum atomic E-state index is -4.60. The van der Waals surface area contributed by atoms with E-state index in [1.807, 2.05) is 31.3 Å². The Morgan fingerprint density at radius 3 is 2.39 bits per heavy atom. The molecule has 3 heterocycles. The Kier molecular flexibility index (Phi) is 9.71. The van der Waals surface area contributed by atoms with E-state index in [2.05, 4.69) is 32.4 Å². The molecule has 0 aliphatic rings. The fourth-order valence-electron chi connectivity index (χ4n) is 5.57. The fourth-order valence-corrected chi connectivity index (χ4v) is 6.28. The predicted octanol–water partition coefficient (Wildman–Crippen LogP) is 8.00. The number of fused-ring (bicyclic) bond motifs is 3. The lowest BCUT2D eigenvalue weighted by Crippen LogP contribution is -2.18. The number of hydrogen-bond donors (Lipinski definition) is 2. The molecule has 0 aliphatic carbocycles. The summed E-state index contributed by atoms with van der Waals surface area (Å²) in [5.74, 6) is 0. The molecular formula is C30H38F3N3OS. The maximum Gasteiger partial charge on any atom is 0.417 e. The van der Waals surface area contributed by atoms with Crippen molar-refractivity contribution >= 4 is 33.1 Å². The molecule has 206 valence electrons. The lowest BCUT2D eigenvalue weighted by atomic mass is 10.0. The number of aromatic nitrogens is 2. The molecule has 8 heteroatoms. The molecule has 0 unspecified atom stereocenters. The first-order valence-corrected chi connectivity index (χ1v) is 14.7. The zero-order valence-corrected chi connectivity index (χ0v) is 23.2. The Morgan fingerprint density at radius 2 is 1.71 bits per heavy atom. The number of aryl methyl sites for hydroxylation is 2. The molecule has 4 nitrogen and oxygen atoms in total. The summed E-state index contributed by atoms with van der Waals surface area (Å²) < 4.78 is 43.9. The summed E-state index contributed by atoms with van der Waals surface area (Å²) in [4.78, 5) is 15.9. The molecule has 2 N–H and O–H groups in total. The lowest BCUT2D eigenvalue weighted by Gasteiger charge is -2.12. The van der Waals surface area contributed by atoms with Gasteiger partial charge in [-0.1, -0.05) is 45.1 Å². The maximum atomic E-state index is 13.9. The van der Waals surface area contributed by atoms with Crippen LogP contribution in [0.4, 0.5) is 13.2 Å². The molecule has 0 atom stereocenters. The van der Waals surface area contributed by atoms with E-state index in [0.29, 0.717) is 11.5 Å². The van der Waals surface area contributed by atoms with Gasteiger partial charge >= 0.3 is 6.18 Å². The number of pyridine rings is 1. The van der Waals surface area contributed by atoms with E-state index in [1.54, 1.807) is 6.07 Å². The second-order valence-electron chi connectivity index (χ2n) is 10.1. The second kappa shape index (κ2) is 13.0. The van der Waals surface area contributed by atoms with Crippen LogP contribution in [0, 0.1) is 6.92 Å². The predicted molar refractivity (Wildman–Crippen MR) is 152 cm³/mol. The van der Waals surface area contributed by atoms with E-state index in [9.17, 15) is 18.0 Å². The maximum absolute atomic E-state index is 13.9. The van der Waals surface area contributed by atoms with Crippen LogP contribution in [0.2, 0.25) is 0 Å². The standard InChI is InChI=1S/C30H38F3N3OS/c1-3-25-21(2)28-26(14-13-24-29(28)23(30(31,32)33)20-27(37)35-24)36(25)18-10-8-6-4-5-7-9-16-34-17-15-22-12-11-19-38-22/h11-14,19-20,34H,3-10,15-18H2,1-2H3,(H,35,37). The molecule has 0 radical (unpaired) electrons. The van der Waals surface area contributed by atoms with Crippen molar-refractivity contribution in [3.63, 3.8) is 0 Å². The Bertz CT molecular complexity index is 1390. The Balaban J connectivity index is 1.29. The van der Waals surface area contributed by atoms with Gasteiger partial charge in [0.05, 0.1) is 5.56 Å². The third-order valence-electron chi connectivity index (χ3n) is 7.41. The van der Waals surface area contributed by atoms with Crippen molar-refractivity contribution in [2.45, 2.75) is 84.4 Å². The zero-order chi connectivity index (χ0) is 27.1. The van der Waals surface area contributed by atoms with Crippen LogP contribution in [0.5, 0.6) is 0 Å². The second-order valence-corrected chi connectivity index (χ2v) is 11.1. The summed E-state index contributed by atoms with van der Waals surface area (Å²) in [6.45, 7) is 6.85. The highest BCUT2D eigenvalue weighted by atomic mass is 32.1. The number of rotatable bonds is 14. The van der Waals surface area contributed by atoms with Gasteiger partial charge in [-0.05, 0) is 74.8 Å².